The van der Waals surface area contributed by atoms with Crippen LogP contribution < -0.4 is 17.0 Å². The number of rotatable bonds is 7. The minimum absolute atomic E-state index is 0.130. The Morgan fingerprint density at radius 2 is 1.76 bits per heavy atom. The minimum atomic E-state index is -0.731. The Morgan fingerprint density at radius 1 is 1.06 bits per heavy atom. The van der Waals surface area contributed by atoms with Crippen molar-refractivity contribution in [3.8, 4) is 5.69 Å². The van der Waals surface area contributed by atoms with Gasteiger partial charge >= 0.3 is 5.69 Å². The van der Waals surface area contributed by atoms with Gasteiger partial charge in [-0.25, -0.2) is 4.79 Å². The number of ketones is 1. The fraction of sp³-hybridized carbons (Fsp3) is 0.182. The number of hydrogen-bond acceptors (Lipinski definition) is 8. The molecule has 0 unspecified atom stereocenters. The molecule has 11 heteroatoms. The fourth-order valence-electron chi connectivity index (χ4n) is 3.39. The van der Waals surface area contributed by atoms with Gasteiger partial charge in [0.05, 0.1) is 18.0 Å². The van der Waals surface area contributed by atoms with E-state index in [-0.39, 0.29) is 23.7 Å². The lowest BCUT2D eigenvalue weighted by atomic mass is 10.2. The molecular weight excluding hydrogens is 442 g/mol. The summed E-state index contributed by atoms with van der Waals surface area (Å²) in [6.45, 7) is 2.07. The maximum absolute atomic E-state index is 13.1. The summed E-state index contributed by atoms with van der Waals surface area (Å²) in [4.78, 5) is 38.5. The highest BCUT2D eigenvalue weighted by Crippen LogP contribution is 2.21. The van der Waals surface area contributed by atoms with Crippen LogP contribution in [0.25, 0.3) is 5.69 Å². The number of tetrazole rings is 1. The van der Waals surface area contributed by atoms with Gasteiger partial charge in [-0.05, 0) is 34.5 Å². The van der Waals surface area contributed by atoms with E-state index in [1.165, 1.54) is 16.3 Å². The molecule has 2 aromatic heterocycles. The third-order valence-corrected chi connectivity index (χ3v) is 6.08. The van der Waals surface area contributed by atoms with Gasteiger partial charge in [0, 0.05) is 7.05 Å². The standard InChI is InChI=1S/C22H21N7O3S/c1-14-8-6-7-11-16(14)29-21(24-25-26-29)33-13-17(30)18-19(23)28(22(32)27(2)20(18)31)12-15-9-4-3-5-10-15/h3-11H,12-13,23H2,1-2H3. The molecule has 0 spiro atoms. The molecule has 0 saturated heterocycles. The van der Waals surface area contributed by atoms with Gasteiger partial charge in [-0.2, -0.15) is 4.68 Å². The zero-order valence-corrected chi connectivity index (χ0v) is 18.8. The Labute approximate surface area is 192 Å². The SMILES string of the molecule is Cc1ccccc1-n1nnnc1SCC(=O)c1c(N)n(Cc2ccccc2)c(=O)n(C)c1=O. The molecule has 2 heterocycles. The number of aryl methyl sites for hydroxylation is 1. The van der Waals surface area contributed by atoms with E-state index in [1.807, 2.05) is 61.5 Å². The van der Waals surface area contributed by atoms with Crippen LogP contribution in [0.4, 0.5) is 5.82 Å². The highest BCUT2D eigenvalue weighted by atomic mass is 32.2. The predicted octanol–water partition coefficient (Wildman–Crippen LogP) is 1.44. The third-order valence-electron chi connectivity index (χ3n) is 5.16. The molecule has 0 aliphatic heterocycles. The molecule has 0 atom stereocenters. The number of para-hydroxylation sites is 1. The van der Waals surface area contributed by atoms with Crippen molar-refractivity contribution in [1.29, 1.82) is 0 Å². The number of anilines is 1. The molecular formula is C22H21N7O3S. The van der Waals surface area contributed by atoms with Crippen LogP contribution in [0.15, 0.2) is 69.3 Å². The van der Waals surface area contributed by atoms with Crippen molar-refractivity contribution in [2.45, 2.75) is 18.6 Å². The average Bonchev–Trinajstić information content (AvgIpc) is 3.28. The van der Waals surface area contributed by atoms with Crippen LogP contribution in [0.2, 0.25) is 0 Å². The highest BCUT2D eigenvalue weighted by Gasteiger charge is 2.23. The van der Waals surface area contributed by atoms with E-state index in [1.54, 1.807) is 0 Å². The van der Waals surface area contributed by atoms with E-state index >= 15 is 0 Å². The molecule has 0 bridgehead atoms. The Balaban J connectivity index is 1.64. The zero-order chi connectivity index (χ0) is 23.5. The molecule has 0 fully saturated rings. The molecule has 0 radical (unpaired) electrons. The number of carbonyl (C=O) groups excluding carboxylic acids is 1. The van der Waals surface area contributed by atoms with Crippen LogP contribution >= 0.6 is 11.8 Å². The molecule has 4 rings (SSSR count). The number of carbonyl (C=O) groups is 1. The van der Waals surface area contributed by atoms with E-state index < -0.39 is 17.0 Å². The van der Waals surface area contributed by atoms with E-state index in [0.29, 0.717) is 5.16 Å². The number of nitrogens with zero attached hydrogens (tertiary/aromatic N) is 6. The second kappa shape index (κ2) is 9.25. The van der Waals surface area contributed by atoms with Crippen LogP contribution in [-0.2, 0) is 13.6 Å². The number of Topliss-reactive ketones (excluding diaryl/α,β-unsaturated/α-hetero) is 1. The number of nitrogens with two attached hydrogens (primary N) is 1. The monoisotopic (exact) mass is 463 g/mol. The molecule has 0 aliphatic rings. The van der Waals surface area contributed by atoms with Gasteiger partial charge in [-0.15, -0.1) is 5.10 Å². The highest BCUT2D eigenvalue weighted by molar-refractivity contribution is 7.99. The van der Waals surface area contributed by atoms with Crippen LogP contribution in [0.1, 0.15) is 21.5 Å². The Kier molecular flexibility index (Phi) is 6.22. The molecule has 0 amide bonds. The quantitative estimate of drug-likeness (QED) is 0.322. The van der Waals surface area contributed by atoms with Crippen LogP contribution in [0.3, 0.4) is 0 Å². The molecule has 0 aliphatic carbocycles. The zero-order valence-electron chi connectivity index (χ0n) is 18.0. The number of benzene rings is 2. The summed E-state index contributed by atoms with van der Waals surface area (Å²) in [7, 11) is 1.33. The van der Waals surface area contributed by atoms with Gasteiger partial charge < -0.3 is 5.73 Å². The molecule has 168 valence electrons. The Hall–Kier alpha value is -3.99. The van der Waals surface area contributed by atoms with Gasteiger partial charge in [0.2, 0.25) is 5.16 Å². The maximum atomic E-state index is 13.1. The van der Waals surface area contributed by atoms with Crippen molar-refractivity contribution in [3.05, 3.63) is 92.1 Å². The molecule has 10 nitrogen and oxygen atoms in total. The first-order valence-corrected chi connectivity index (χ1v) is 11.0. The number of hydrogen-bond donors (Lipinski definition) is 1. The van der Waals surface area contributed by atoms with E-state index in [9.17, 15) is 14.4 Å². The van der Waals surface area contributed by atoms with Gasteiger partial charge in [-0.3, -0.25) is 18.7 Å². The summed E-state index contributed by atoms with van der Waals surface area (Å²) < 4.78 is 3.66. The molecule has 2 N–H and O–H groups in total. The second-order valence-corrected chi connectivity index (χ2v) is 8.29. The van der Waals surface area contributed by atoms with Gasteiger partial charge in [-0.1, -0.05) is 60.3 Å². The Bertz CT molecular complexity index is 1440. The Morgan fingerprint density at radius 3 is 2.48 bits per heavy atom. The van der Waals surface area contributed by atoms with E-state index in [0.717, 1.165) is 33.1 Å². The van der Waals surface area contributed by atoms with E-state index in [4.69, 9.17) is 5.73 Å². The molecule has 4 aromatic rings. The lowest BCUT2D eigenvalue weighted by Crippen LogP contribution is -2.43. The number of thioether (sulfide) groups is 1. The largest absolute Gasteiger partial charge is 0.384 e. The van der Waals surface area contributed by atoms with Gasteiger partial charge in [0.1, 0.15) is 11.4 Å². The molecule has 33 heavy (non-hydrogen) atoms. The smallest absolute Gasteiger partial charge is 0.332 e. The summed E-state index contributed by atoms with van der Waals surface area (Å²) in [5.74, 6) is -0.801. The van der Waals surface area contributed by atoms with Crippen molar-refractivity contribution in [1.82, 2.24) is 29.3 Å². The first-order chi connectivity index (χ1) is 15.9. The first kappa shape index (κ1) is 22.2. The maximum Gasteiger partial charge on any atom is 0.332 e. The summed E-state index contributed by atoms with van der Waals surface area (Å²) in [6.07, 6.45) is 0. The first-order valence-electron chi connectivity index (χ1n) is 10.0. The van der Waals surface area contributed by atoms with Gasteiger partial charge in [0.15, 0.2) is 5.78 Å². The third kappa shape index (κ3) is 4.35. The number of nitrogen functional groups attached to an aromatic ring is 1. The average molecular weight is 464 g/mol. The van der Waals surface area contributed by atoms with Crippen molar-refractivity contribution >= 4 is 23.4 Å². The van der Waals surface area contributed by atoms with E-state index in [2.05, 4.69) is 15.5 Å². The van der Waals surface area contributed by atoms with Crippen molar-refractivity contribution < 1.29 is 4.79 Å². The summed E-state index contributed by atoms with van der Waals surface area (Å²) >= 11 is 1.08. The van der Waals surface area contributed by atoms with Crippen molar-refractivity contribution in [2.75, 3.05) is 11.5 Å². The van der Waals surface area contributed by atoms with Gasteiger partial charge in [0.25, 0.3) is 5.56 Å². The topological polar surface area (TPSA) is 131 Å². The fourth-order valence-corrected chi connectivity index (χ4v) is 4.14. The second-order valence-electron chi connectivity index (χ2n) is 7.35. The van der Waals surface area contributed by atoms with Crippen LogP contribution in [0, 0.1) is 6.92 Å². The summed E-state index contributed by atoms with van der Waals surface area (Å²) in [5, 5.41) is 12.1. The summed E-state index contributed by atoms with van der Waals surface area (Å²) in [5.41, 5.74) is 7.18. The minimum Gasteiger partial charge on any atom is -0.384 e. The lowest BCUT2D eigenvalue weighted by Gasteiger charge is -2.14. The van der Waals surface area contributed by atoms with Crippen LogP contribution in [0.5, 0.6) is 0 Å². The number of aromatic nitrogens is 6. The lowest BCUT2D eigenvalue weighted by molar-refractivity contribution is 0.102. The molecule has 2 aromatic carbocycles. The van der Waals surface area contributed by atoms with Crippen molar-refractivity contribution in [3.63, 3.8) is 0 Å². The van der Waals surface area contributed by atoms with Crippen LogP contribution in [-0.4, -0.2) is 40.9 Å². The summed E-state index contributed by atoms with van der Waals surface area (Å²) in [6, 6.07) is 16.8. The van der Waals surface area contributed by atoms with Crippen molar-refractivity contribution in [2.24, 2.45) is 7.05 Å². The predicted molar refractivity (Wildman–Crippen MR) is 125 cm³/mol. The normalized spacial score (nSPS) is 11.0. The molecule has 0 saturated carbocycles.